The van der Waals surface area contributed by atoms with Gasteiger partial charge < -0.3 is 25.0 Å². The van der Waals surface area contributed by atoms with Crippen LogP contribution in [0.3, 0.4) is 0 Å². The topological polar surface area (TPSA) is 79.9 Å². The van der Waals surface area contributed by atoms with Gasteiger partial charge in [0, 0.05) is 44.1 Å². The van der Waals surface area contributed by atoms with Crippen LogP contribution in [0.25, 0.3) is 0 Å². The van der Waals surface area contributed by atoms with Crippen LogP contribution in [0.4, 0.5) is 10.5 Å². The van der Waals surface area contributed by atoms with Crippen molar-refractivity contribution >= 4 is 17.6 Å². The van der Waals surface area contributed by atoms with Gasteiger partial charge in [-0.1, -0.05) is 6.08 Å². The van der Waals surface area contributed by atoms with Crippen molar-refractivity contribution in [2.45, 2.75) is 37.9 Å². The first kappa shape index (κ1) is 20.4. The number of rotatable bonds is 8. The number of amides is 3. The van der Waals surface area contributed by atoms with Gasteiger partial charge >= 0.3 is 6.03 Å². The summed E-state index contributed by atoms with van der Waals surface area (Å²) < 4.78 is 11.4. The van der Waals surface area contributed by atoms with E-state index in [0.717, 1.165) is 38.9 Å². The van der Waals surface area contributed by atoms with E-state index in [1.165, 1.54) is 0 Å². The summed E-state index contributed by atoms with van der Waals surface area (Å²) in [6.45, 7) is 6.64. The van der Waals surface area contributed by atoms with Gasteiger partial charge in [-0.3, -0.25) is 4.79 Å². The third kappa shape index (κ3) is 5.81. The lowest BCUT2D eigenvalue weighted by molar-refractivity contribution is 0.0524. The summed E-state index contributed by atoms with van der Waals surface area (Å²) in [4.78, 5) is 26.6. The van der Waals surface area contributed by atoms with Crippen molar-refractivity contribution in [3.8, 4) is 0 Å². The van der Waals surface area contributed by atoms with Crippen LogP contribution in [0.15, 0.2) is 36.9 Å². The maximum absolute atomic E-state index is 12.9. The van der Waals surface area contributed by atoms with Crippen molar-refractivity contribution in [1.82, 2.24) is 10.2 Å². The van der Waals surface area contributed by atoms with E-state index in [0.29, 0.717) is 30.9 Å². The molecule has 3 rings (SSSR count). The average molecular weight is 387 g/mol. The Balaban J connectivity index is 1.59. The quantitative estimate of drug-likeness (QED) is 0.672. The van der Waals surface area contributed by atoms with Crippen molar-refractivity contribution in [2.24, 2.45) is 0 Å². The third-order valence-corrected chi connectivity index (χ3v) is 4.99. The molecule has 28 heavy (non-hydrogen) atoms. The second-order valence-corrected chi connectivity index (χ2v) is 7.18. The highest BCUT2D eigenvalue weighted by molar-refractivity contribution is 5.95. The lowest BCUT2D eigenvalue weighted by Crippen LogP contribution is -2.44. The van der Waals surface area contributed by atoms with Crippen LogP contribution in [-0.2, 0) is 9.47 Å². The zero-order chi connectivity index (χ0) is 19.8. The maximum atomic E-state index is 12.9. The first-order valence-electron chi connectivity index (χ1n) is 9.94. The van der Waals surface area contributed by atoms with Crippen molar-refractivity contribution in [3.05, 3.63) is 42.5 Å². The molecule has 2 aliphatic heterocycles. The molecule has 2 N–H and O–H groups in total. The van der Waals surface area contributed by atoms with Crippen molar-refractivity contribution in [1.29, 1.82) is 0 Å². The van der Waals surface area contributed by atoms with E-state index in [2.05, 4.69) is 17.2 Å². The lowest BCUT2D eigenvalue weighted by Gasteiger charge is -2.28. The molecule has 7 nitrogen and oxygen atoms in total. The predicted molar refractivity (Wildman–Crippen MR) is 108 cm³/mol. The molecule has 0 radical (unpaired) electrons. The number of urea groups is 1. The fourth-order valence-electron chi connectivity index (χ4n) is 3.48. The van der Waals surface area contributed by atoms with Crippen LogP contribution in [0.2, 0.25) is 0 Å². The minimum Gasteiger partial charge on any atom is -0.376 e. The molecule has 0 aromatic heterocycles. The Hall–Kier alpha value is -2.38. The molecule has 0 aliphatic carbocycles. The molecule has 0 unspecified atom stereocenters. The summed E-state index contributed by atoms with van der Waals surface area (Å²) >= 11 is 0. The fourth-order valence-corrected chi connectivity index (χ4v) is 3.48. The van der Waals surface area contributed by atoms with Gasteiger partial charge in [-0.15, -0.1) is 6.58 Å². The minimum absolute atomic E-state index is 0.0862. The molecule has 0 saturated carbocycles. The van der Waals surface area contributed by atoms with E-state index in [4.69, 9.17) is 9.47 Å². The maximum Gasteiger partial charge on any atom is 0.322 e. The Bertz CT molecular complexity index is 647. The van der Waals surface area contributed by atoms with E-state index in [1.807, 2.05) is 0 Å². The summed E-state index contributed by atoms with van der Waals surface area (Å²) in [6, 6.07) is 6.68. The summed E-state index contributed by atoms with van der Waals surface area (Å²) in [6.07, 6.45) is 5.83. The second-order valence-electron chi connectivity index (χ2n) is 7.18. The smallest absolute Gasteiger partial charge is 0.322 e. The van der Waals surface area contributed by atoms with Crippen molar-refractivity contribution in [2.75, 3.05) is 38.2 Å². The normalized spacial score (nSPS) is 21.3. The third-order valence-electron chi connectivity index (χ3n) is 4.99. The Morgan fingerprint density at radius 3 is 2.18 bits per heavy atom. The molecular formula is C21H29N3O4. The van der Waals surface area contributed by atoms with Gasteiger partial charge in [-0.25, -0.2) is 4.79 Å². The molecule has 7 heteroatoms. The Morgan fingerprint density at radius 1 is 1.07 bits per heavy atom. The van der Waals surface area contributed by atoms with Gasteiger partial charge in [0.2, 0.25) is 0 Å². The molecule has 1 aromatic rings. The molecule has 2 aliphatic rings. The number of carbonyl (C=O) groups excluding carboxylic acids is 2. The van der Waals surface area contributed by atoms with Crippen molar-refractivity contribution < 1.29 is 19.1 Å². The van der Waals surface area contributed by atoms with Crippen LogP contribution >= 0.6 is 0 Å². The standard InChI is InChI=1S/C21H29N3O4/c1-2-11-22-20(25)16-7-9-17(10-8-16)23-21(26)24(14-18-5-3-12-27-18)15-19-6-4-13-28-19/h2,7-10,18-19H,1,3-6,11-15H2,(H,22,25)(H,23,26)/t18-,19-/m1/s1. The second kappa shape index (κ2) is 10.2. The van der Waals surface area contributed by atoms with Gasteiger partial charge in [0.05, 0.1) is 12.2 Å². The summed E-state index contributed by atoms with van der Waals surface area (Å²) in [7, 11) is 0. The number of anilines is 1. The number of benzene rings is 1. The summed E-state index contributed by atoms with van der Waals surface area (Å²) in [5.41, 5.74) is 1.19. The van der Waals surface area contributed by atoms with Crippen molar-refractivity contribution in [3.63, 3.8) is 0 Å². The highest BCUT2D eigenvalue weighted by atomic mass is 16.5. The molecular weight excluding hydrogens is 358 g/mol. The lowest BCUT2D eigenvalue weighted by atomic mass is 10.2. The van der Waals surface area contributed by atoms with Gasteiger partial charge in [0.25, 0.3) is 5.91 Å². The Morgan fingerprint density at radius 2 is 1.68 bits per heavy atom. The van der Waals surface area contributed by atoms with E-state index < -0.39 is 0 Å². The monoisotopic (exact) mass is 387 g/mol. The summed E-state index contributed by atoms with van der Waals surface area (Å²) in [5, 5.41) is 5.65. The largest absolute Gasteiger partial charge is 0.376 e. The van der Waals surface area contributed by atoms with Crippen LogP contribution in [0, 0.1) is 0 Å². The molecule has 2 heterocycles. The minimum atomic E-state index is -0.171. The highest BCUT2D eigenvalue weighted by Gasteiger charge is 2.27. The zero-order valence-corrected chi connectivity index (χ0v) is 16.2. The predicted octanol–water partition coefficient (Wildman–Crippen LogP) is 2.79. The number of hydrogen-bond acceptors (Lipinski definition) is 4. The number of hydrogen-bond donors (Lipinski definition) is 2. The zero-order valence-electron chi connectivity index (χ0n) is 16.2. The molecule has 2 atom stereocenters. The van der Waals surface area contributed by atoms with E-state index in [1.54, 1.807) is 35.2 Å². The Kier molecular flexibility index (Phi) is 7.45. The van der Waals surface area contributed by atoms with Gasteiger partial charge in [0.1, 0.15) is 0 Å². The molecule has 0 bridgehead atoms. The highest BCUT2D eigenvalue weighted by Crippen LogP contribution is 2.18. The van der Waals surface area contributed by atoms with Crippen LogP contribution < -0.4 is 10.6 Å². The first-order chi connectivity index (χ1) is 13.7. The molecule has 2 fully saturated rings. The molecule has 1 aromatic carbocycles. The molecule has 3 amide bonds. The number of nitrogens with zero attached hydrogens (tertiary/aromatic N) is 1. The van der Waals surface area contributed by atoms with Gasteiger partial charge in [-0.2, -0.15) is 0 Å². The number of nitrogens with one attached hydrogen (secondary N) is 2. The van der Waals surface area contributed by atoms with Crippen LogP contribution in [0.1, 0.15) is 36.0 Å². The van der Waals surface area contributed by atoms with Crippen LogP contribution in [0.5, 0.6) is 0 Å². The van der Waals surface area contributed by atoms with Gasteiger partial charge in [-0.05, 0) is 49.9 Å². The average Bonchev–Trinajstić information content (AvgIpc) is 3.40. The Labute approximate surface area is 166 Å². The van der Waals surface area contributed by atoms with Gasteiger partial charge in [0.15, 0.2) is 0 Å². The van der Waals surface area contributed by atoms with E-state index >= 15 is 0 Å². The molecule has 152 valence electrons. The fraction of sp³-hybridized carbons (Fsp3) is 0.524. The van der Waals surface area contributed by atoms with E-state index in [9.17, 15) is 9.59 Å². The first-order valence-corrected chi connectivity index (χ1v) is 9.94. The van der Waals surface area contributed by atoms with E-state index in [-0.39, 0.29) is 24.1 Å². The number of ether oxygens (including phenoxy) is 2. The van der Waals surface area contributed by atoms with Crippen LogP contribution in [-0.4, -0.2) is 61.9 Å². The summed E-state index contributed by atoms with van der Waals surface area (Å²) in [5.74, 6) is -0.170. The SMILES string of the molecule is C=CCNC(=O)c1ccc(NC(=O)N(C[C@H]2CCCO2)C[C@H]2CCCO2)cc1. The number of carbonyl (C=O) groups is 2. The molecule has 0 spiro atoms. The molecule has 2 saturated heterocycles.